The highest BCUT2D eigenvalue weighted by molar-refractivity contribution is 7.99. The largest absolute Gasteiger partial charge is 0.350 e. The van der Waals surface area contributed by atoms with E-state index in [2.05, 4.69) is 30.0 Å². The molecule has 1 aliphatic rings. The summed E-state index contributed by atoms with van der Waals surface area (Å²) in [6, 6.07) is 15.8. The molecule has 0 unspecified atom stereocenters. The van der Waals surface area contributed by atoms with Gasteiger partial charge in [-0.1, -0.05) is 42.4 Å². The molecule has 0 aliphatic carbocycles. The summed E-state index contributed by atoms with van der Waals surface area (Å²) in [5.74, 6) is 1.15. The van der Waals surface area contributed by atoms with E-state index in [-0.39, 0.29) is 11.7 Å². The summed E-state index contributed by atoms with van der Waals surface area (Å²) < 4.78 is 2.07. The van der Waals surface area contributed by atoms with Gasteiger partial charge in [-0.3, -0.25) is 19.2 Å². The Hall–Kier alpha value is -2.71. The van der Waals surface area contributed by atoms with Crippen LogP contribution in [0.4, 0.5) is 0 Å². The maximum Gasteiger partial charge on any atom is 0.230 e. The molecule has 8 heteroatoms. The van der Waals surface area contributed by atoms with E-state index in [4.69, 9.17) is 0 Å². The van der Waals surface area contributed by atoms with E-state index in [1.54, 1.807) is 6.20 Å². The lowest BCUT2D eigenvalue weighted by Gasteiger charge is -2.26. The maximum absolute atomic E-state index is 12.3. The van der Waals surface area contributed by atoms with Gasteiger partial charge in [-0.25, -0.2) is 0 Å². The average molecular weight is 423 g/mol. The molecule has 156 valence electrons. The minimum Gasteiger partial charge on any atom is -0.350 e. The van der Waals surface area contributed by atoms with Crippen LogP contribution >= 0.6 is 11.8 Å². The predicted octanol–water partition coefficient (Wildman–Crippen LogP) is 3.06. The summed E-state index contributed by atoms with van der Waals surface area (Å²) in [5, 5.41) is 12.5. The Bertz CT molecular complexity index is 941. The second-order valence-electron chi connectivity index (χ2n) is 7.29. The number of hydrogen-bond acceptors (Lipinski definition) is 6. The monoisotopic (exact) mass is 422 g/mol. The second-order valence-corrected chi connectivity index (χ2v) is 8.24. The van der Waals surface area contributed by atoms with Crippen LogP contribution in [-0.4, -0.2) is 49.4 Å². The summed E-state index contributed by atoms with van der Waals surface area (Å²) >= 11 is 1.41. The third kappa shape index (κ3) is 5.46. The molecule has 1 aromatic carbocycles. The normalized spacial score (nSPS) is 14.5. The predicted molar refractivity (Wildman–Crippen MR) is 117 cm³/mol. The zero-order valence-electron chi connectivity index (χ0n) is 16.9. The summed E-state index contributed by atoms with van der Waals surface area (Å²) in [4.78, 5) is 19.0. The quantitative estimate of drug-likeness (QED) is 0.563. The van der Waals surface area contributed by atoms with Gasteiger partial charge in [0.05, 0.1) is 24.5 Å². The Morgan fingerprint density at radius 2 is 1.80 bits per heavy atom. The fourth-order valence-corrected chi connectivity index (χ4v) is 4.32. The lowest BCUT2D eigenvalue weighted by Crippen LogP contribution is -2.30. The van der Waals surface area contributed by atoms with Crippen LogP contribution in [0.5, 0.6) is 0 Å². The van der Waals surface area contributed by atoms with Crippen molar-refractivity contribution in [3.05, 3.63) is 66.2 Å². The minimum absolute atomic E-state index is 0.0501. The Labute approximate surface area is 180 Å². The van der Waals surface area contributed by atoms with E-state index >= 15 is 0 Å². The van der Waals surface area contributed by atoms with Gasteiger partial charge in [-0.2, -0.15) is 0 Å². The van der Waals surface area contributed by atoms with Crippen molar-refractivity contribution >= 4 is 17.7 Å². The molecular weight excluding hydrogens is 396 g/mol. The zero-order valence-corrected chi connectivity index (χ0v) is 17.7. The molecule has 3 heterocycles. The first kappa shape index (κ1) is 20.6. The highest BCUT2D eigenvalue weighted by Crippen LogP contribution is 2.23. The van der Waals surface area contributed by atoms with Gasteiger partial charge in [0.25, 0.3) is 0 Å². The Kier molecular flexibility index (Phi) is 7.10. The lowest BCUT2D eigenvalue weighted by atomic mass is 10.1. The number of amides is 1. The van der Waals surface area contributed by atoms with Gasteiger partial charge in [-0.15, -0.1) is 10.2 Å². The average Bonchev–Trinajstić information content (AvgIpc) is 3.20. The van der Waals surface area contributed by atoms with Crippen molar-refractivity contribution in [2.75, 3.05) is 18.8 Å². The fourth-order valence-electron chi connectivity index (χ4n) is 3.52. The van der Waals surface area contributed by atoms with Crippen LogP contribution in [0.2, 0.25) is 0 Å². The first-order valence-corrected chi connectivity index (χ1v) is 11.3. The van der Waals surface area contributed by atoms with E-state index in [1.165, 1.54) is 31.0 Å². The molecule has 3 aromatic rings. The molecule has 1 N–H and O–H groups in total. The van der Waals surface area contributed by atoms with Crippen LogP contribution in [0, 0.1) is 0 Å². The molecule has 0 bridgehead atoms. The number of pyridine rings is 1. The van der Waals surface area contributed by atoms with Crippen molar-refractivity contribution in [2.45, 2.75) is 37.5 Å². The molecule has 1 aliphatic heterocycles. The van der Waals surface area contributed by atoms with Gasteiger partial charge in [0.2, 0.25) is 5.91 Å². The number of hydrogen-bond donors (Lipinski definition) is 1. The number of likely N-dealkylation sites (tertiary alicyclic amines) is 1. The van der Waals surface area contributed by atoms with Crippen molar-refractivity contribution in [3.63, 3.8) is 0 Å². The number of carbonyl (C=O) groups is 1. The van der Waals surface area contributed by atoms with Crippen molar-refractivity contribution < 1.29 is 4.79 Å². The van der Waals surface area contributed by atoms with E-state index < -0.39 is 0 Å². The zero-order chi connectivity index (χ0) is 20.6. The highest BCUT2D eigenvalue weighted by atomic mass is 32.2. The Morgan fingerprint density at radius 1 is 1.00 bits per heavy atom. The van der Waals surface area contributed by atoms with Crippen LogP contribution in [-0.2, 0) is 17.9 Å². The molecule has 0 radical (unpaired) electrons. The lowest BCUT2D eigenvalue weighted by molar-refractivity contribution is -0.118. The summed E-state index contributed by atoms with van der Waals surface area (Å²) in [6.07, 6.45) is 5.49. The molecule has 7 nitrogen and oxygen atoms in total. The van der Waals surface area contributed by atoms with Crippen LogP contribution < -0.4 is 5.32 Å². The maximum atomic E-state index is 12.3. The molecule has 0 spiro atoms. The molecule has 0 saturated carbocycles. The smallest absolute Gasteiger partial charge is 0.230 e. The van der Waals surface area contributed by atoms with Crippen LogP contribution in [0.1, 0.15) is 30.8 Å². The number of para-hydroxylation sites is 1. The second kappa shape index (κ2) is 10.4. The third-order valence-corrected chi connectivity index (χ3v) is 5.98. The summed E-state index contributed by atoms with van der Waals surface area (Å²) in [6.45, 7) is 3.39. The SMILES string of the molecule is O=C(CSc1nnc(CN2CCCCC2)n1-c1ccccc1)NCc1ccccn1. The molecule has 0 atom stereocenters. The van der Waals surface area contributed by atoms with Crippen molar-refractivity contribution in [2.24, 2.45) is 0 Å². The fraction of sp³-hybridized carbons (Fsp3) is 0.364. The van der Waals surface area contributed by atoms with Crippen molar-refractivity contribution in [1.82, 2.24) is 30.0 Å². The number of nitrogens with zero attached hydrogens (tertiary/aromatic N) is 5. The van der Waals surface area contributed by atoms with Gasteiger partial charge in [-0.05, 0) is 50.2 Å². The van der Waals surface area contributed by atoms with Crippen LogP contribution in [0.15, 0.2) is 59.9 Å². The van der Waals surface area contributed by atoms with Gasteiger partial charge < -0.3 is 5.32 Å². The number of piperidine rings is 1. The summed E-state index contributed by atoms with van der Waals surface area (Å²) in [5.41, 5.74) is 1.86. The molecule has 1 fully saturated rings. The summed E-state index contributed by atoms with van der Waals surface area (Å²) in [7, 11) is 0. The number of benzene rings is 1. The molecule has 4 rings (SSSR count). The van der Waals surface area contributed by atoms with E-state index in [1.807, 2.05) is 48.5 Å². The molecule has 1 amide bonds. The first-order chi connectivity index (χ1) is 14.8. The van der Waals surface area contributed by atoms with E-state index in [0.717, 1.165) is 42.0 Å². The number of thioether (sulfide) groups is 1. The highest BCUT2D eigenvalue weighted by Gasteiger charge is 2.19. The Morgan fingerprint density at radius 3 is 2.57 bits per heavy atom. The van der Waals surface area contributed by atoms with E-state index in [0.29, 0.717) is 6.54 Å². The van der Waals surface area contributed by atoms with Gasteiger partial charge in [0, 0.05) is 11.9 Å². The molecular formula is C22H26N6OS. The first-order valence-electron chi connectivity index (χ1n) is 10.3. The van der Waals surface area contributed by atoms with Gasteiger partial charge in [0.1, 0.15) is 0 Å². The molecule has 30 heavy (non-hydrogen) atoms. The minimum atomic E-state index is -0.0501. The van der Waals surface area contributed by atoms with Gasteiger partial charge in [0.15, 0.2) is 11.0 Å². The van der Waals surface area contributed by atoms with Crippen molar-refractivity contribution in [3.8, 4) is 5.69 Å². The van der Waals surface area contributed by atoms with Gasteiger partial charge >= 0.3 is 0 Å². The standard InChI is InChI=1S/C22H26N6OS/c29-21(24-15-18-9-5-6-12-23-18)17-30-22-26-25-20(16-27-13-7-2-8-14-27)28(22)19-10-3-1-4-11-19/h1,3-6,9-12H,2,7-8,13-17H2,(H,24,29). The third-order valence-electron chi connectivity index (χ3n) is 5.05. The topological polar surface area (TPSA) is 75.9 Å². The van der Waals surface area contributed by atoms with Crippen LogP contribution in [0.3, 0.4) is 0 Å². The molecule has 2 aromatic heterocycles. The van der Waals surface area contributed by atoms with Crippen LogP contribution in [0.25, 0.3) is 5.69 Å². The number of aromatic nitrogens is 4. The van der Waals surface area contributed by atoms with E-state index in [9.17, 15) is 4.79 Å². The number of rotatable bonds is 8. The Balaban J connectivity index is 1.43. The van der Waals surface area contributed by atoms with Crippen molar-refractivity contribution in [1.29, 1.82) is 0 Å². The number of nitrogens with one attached hydrogen (secondary N) is 1. The molecule has 1 saturated heterocycles. The number of carbonyl (C=O) groups excluding carboxylic acids is 1.